The van der Waals surface area contributed by atoms with Gasteiger partial charge in [0.25, 0.3) is 0 Å². The van der Waals surface area contributed by atoms with Crippen molar-refractivity contribution >= 4 is 12.0 Å². The van der Waals surface area contributed by atoms with Gasteiger partial charge in [0.05, 0.1) is 12.9 Å². The third-order valence-electron chi connectivity index (χ3n) is 2.90. The molecule has 1 aromatic carbocycles. The highest BCUT2D eigenvalue weighted by atomic mass is 16.5. The maximum absolute atomic E-state index is 11.7. The van der Waals surface area contributed by atoms with Crippen molar-refractivity contribution < 1.29 is 13.9 Å². The Hall–Kier alpha value is -2.33. The molecule has 2 rings (SSSR count). The van der Waals surface area contributed by atoms with E-state index in [1.54, 1.807) is 24.5 Å². The van der Waals surface area contributed by atoms with Gasteiger partial charge in [0.2, 0.25) is 5.91 Å². The number of benzene rings is 1. The van der Waals surface area contributed by atoms with Crippen LogP contribution in [0.1, 0.15) is 23.8 Å². The fraction of sp³-hybridized carbons (Fsp3) is 0.235. The third kappa shape index (κ3) is 5.28. The SMILES string of the molecule is CCOCc1ccc(CNC(=O)C=Cc2ccco2)cc1. The van der Waals surface area contributed by atoms with Crippen molar-refractivity contribution in [1.29, 1.82) is 0 Å². The zero-order valence-corrected chi connectivity index (χ0v) is 12.0. The molecule has 0 saturated heterocycles. The number of carbonyl (C=O) groups excluding carboxylic acids is 1. The van der Waals surface area contributed by atoms with Gasteiger partial charge in [0.1, 0.15) is 5.76 Å². The summed E-state index contributed by atoms with van der Waals surface area (Å²) in [5.74, 6) is 0.509. The molecule has 1 amide bonds. The van der Waals surface area contributed by atoms with Gasteiger partial charge in [-0.1, -0.05) is 24.3 Å². The number of carbonyl (C=O) groups is 1. The monoisotopic (exact) mass is 285 g/mol. The van der Waals surface area contributed by atoms with Gasteiger partial charge in [-0.2, -0.15) is 0 Å². The molecule has 0 bridgehead atoms. The summed E-state index contributed by atoms with van der Waals surface area (Å²) in [5, 5.41) is 2.83. The molecule has 0 aliphatic rings. The van der Waals surface area contributed by atoms with Crippen LogP contribution in [0.5, 0.6) is 0 Å². The van der Waals surface area contributed by atoms with Crippen LogP contribution in [0.15, 0.2) is 53.2 Å². The van der Waals surface area contributed by atoms with Crippen LogP contribution in [0.4, 0.5) is 0 Å². The zero-order chi connectivity index (χ0) is 14.9. The van der Waals surface area contributed by atoms with Gasteiger partial charge in [0, 0.05) is 19.2 Å². The van der Waals surface area contributed by atoms with Crippen LogP contribution in [0.25, 0.3) is 6.08 Å². The van der Waals surface area contributed by atoms with E-state index in [1.165, 1.54) is 6.08 Å². The van der Waals surface area contributed by atoms with Crippen LogP contribution in [0, 0.1) is 0 Å². The van der Waals surface area contributed by atoms with Gasteiger partial charge >= 0.3 is 0 Å². The lowest BCUT2D eigenvalue weighted by Gasteiger charge is -2.05. The second-order valence-corrected chi connectivity index (χ2v) is 4.52. The molecule has 0 fully saturated rings. The zero-order valence-electron chi connectivity index (χ0n) is 12.0. The van der Waals surface area contributed by atoms with E-state index in [-0.39, 0.29) is 5.91 Å². The van der Waals surface area contributed by atoms with Gasteiger partial charge < -0.3 is 14.5 Å². The van der Waals surface area contributed by atoms with Crippen molar-refractivity contribution in [2.24, 2.45) is 0 Å². The molecular weight excluding hydrogens is 266 g/mol. The molecule has 0 aliphatic carbocycles. The van der Waals surface area contributed by atoms with Crippen molar-refractivity contribution in [2.75, 3.05) is 6.61 Å². The average Bonchev–Trinajstić information content (AvgIpc) is 3.03. The summed E-state index contributed by atoms with van der Waals surface area (Å²) in [7, 11) is 0. The molecule has 0 aliphatic heterocycles. The first-order chi connectivity index (χ1) is 10.3. The molecule has 21 heavy (non-hydrogen) atoms. The summed E-state index contributed by atoms with van der Waals surface area (Å²) in [6.45, 7) is 3.80. The Labute approximate surface area is 124 Å². The number of hydrogen-bond donors (Lipinski definition) is 1. The molecule has 1 heterocycles. The van der Waals surface area contributed by atoms with E-state index in [0.29, 0.717) is 25.5 Å². The molecule has 4 heteroatoms. The van der Waals surface area contributed by atoms with Crippen LogP contribution in [0.3, 0.4) is 0 Å². The Morgan fingerprint density at radius 3 is 2.67 bits per heavy atom. The molecule has 0 spiro atoms. The summed E-state index contributed by atoms with van der Waals surface area (Å²) >= 11 is 0. The molecule has 0 atom stereocenters. The standard InChI is InChI=1S/C17H19NO3/c1-2-20-13-15-7-5-14(6-8-15)12-18-17(19)10-9-16-4-3-11-21-16/h3-11H,2,12-13H2,1H3,(H,18,19). The van der Waals surface area contributed by atoms with Crippen LogP contribution in [-0.2, 0) is 22.7 Å². The number of hydrogen-bond acceptors (Lipinski definition) is 3. The predicted molar refractivity (Wildman–Crippen MR) is 81.4 cm³/mol. The summed E-state index contributed by atoms with van der Waals surface area (Å²) < 4.78 is 10.5. The Bertz CT molecular complexity index is 571. The third-order valence-corrected chi connectivity index (χ3v) is 2.90. The molecule has 1 aromatic heterocycles. The van der Waals surface area contributed by atoms with Crippen molar-refractivity contribution in [3.63, 3.8) is 0 Å². The van der Waals surface area contributed by atoms with E-state index in [0.717, 1.165) is 11.1 Å². The van der Waals surface area contributed by atoms with Crippen LogP contribution in [0.2, 0.25) is 0 Å². The average molecular weight is 285 g/mol. The molecule has 4 nitrogen and oxygen atoms in total. The van der Waals surface area contributed by atoms with Gasteiger partial charge in [0.15, 0.2) is 0 Å². The first-order valence-corrected chi connectivity index (χ1v) is 6.93. The van der Waals surface area contributed by atoms with E-state index in [9.17, 15) is 4.79 Å². The second-order valence-electron chi connectivity index (χ2n) is 4.52. The van der Waals surface area contributed by atoms with Crippen LogP contribution in [-0.4, -0.2) is 12.5 Å². The fourth-order valence-electron chi connectivity index (χ4n) is 1.77. The minimum atomic E-state index is -0.148. The van der Waals surface area contributed by atoms with Crippen molar-refractivity contribution in [2.45, 2.75) is 20.1 Å². The maximum Gasteiger partial charge on any atom is 0.244 e. The highest BCUT2D eigenvalue weighted by Crippen LogP contribution is 2.06. The Morgan fingerprint density at radius 1 is 1.24 bits per heavy atom. The maximum atomic E-state index is 11.7. The summed E-state index contributed by atoms with van der Waals surface area (Å²) in [4.78, 5) is 11.7. The second kappa shape index (κ2) is 8.07. The fourth-order valence-corrected chi connectivity index (χ4v) is 1.77. The van der Waals surface area contributed by atoms with Crippen molar-refractivity contribution in [1.82, 2.24) is 5.32 Å². The van der Waals surface area contributed by atoms with Gasteiger partial charge in [-0.15, -0.1) is 0 Å². The van der Waals surface area contributed by atoms with E-state index in [1.807, 2.05) is 31.2 Å². The lowest BCUT2D eigenvalue weighted by Crippen LogP contribution is -2.20. The topological polar surface area (TPSA) is 51.5 Å². The number of ether oxygens (including phenoxy) is 1. The number of amides is 1. The highest BCUT2D eigenvalue weighted by Gasteiger charge is 1.98. The first-order valence-electron chi connectivity index (χ1n) is 6.93. The summed E-state index contributed by atoms with van der Waals surface area (Å²) in [5.41, 5.74) is 2.18. The summed E-state index contributed by atoms with van der Waals surface area (Å²) in [6.07, 6.45) is 4.67. The van der Waals surface area contributed by atoms with E-state index in [4.69, 9.17) is 9.15 Å². The smallest absolute Gasteiger partial charge is 0.244 e. The Morgan fingerprint density at radius 2 is 2.00 bits per heavy atom. The number of rotatable bonds is 7. The molecule has 110 valence electrons. The van der Waals surface area contributed by atoms with Crippen LogP contribution < -0.4 is 5.32 Å². The van der Waals surface area contributed by atoms with Gasteiger partial charge in [-0.05, 0) is 36.3 Å². The highest BCUT2D eigenvalue weighted by molar-refractivity contribution is 5.91. The largest absolute Gasteiger partial charge is 0.465 e. The molecule has 0 saturated carbocycles. The minimum Gasteiger partial charge on any atom is -0.465 e. The lowest BCUT2D eigenvalue weighted by atomic mass is 10.1. The normalized spacial score (nSPS) is 10.9. The lowest BCUT2D eigenvalue weighted by molar-refractivity contribution is -0.116. The molecule has 2 aromatic rings. The number of nitrogens with one attached hydrogen (secondary N) is 1. The van der Waals surface area contributed by atoms with Crippen LogP contribution >= 0.6 is 0 Å². The number of furan rings is 1. The summed E-state index contributed by atoms with van der Waals surface area (Å²) in [6, 6.07) is 11.6. The van der Waals surface area contributed by atoms with E-state index in [2.05, 4.69) is 5.32 Å². The van der Waals surface area contributed by atoms with Crippen molar-refractivity contribution in [3.05, 3.63) is 65.6 Å². The molecule has 0 unspecified atom stereocenters. The molecule has 1 N–H and O–H groups in total. The minimum absolute atomic E-state index is 0.148. The predicted octanol–water partition coefficient (Wildman–Crippen LogP) is 3.15. The van der Waals surface area contributed by atoms with Gasteiger partial charge in [-0.25, -0.2) is 0 Å². The molecule has 0 radical (unpaired) electrons. The Kier molecular flexibility index (Phi) is 5.79. The van der Waals surface area contributed by atoms with Gasteiger partial charge in [-0.3, -0.25) is 4.79 Å². The van der Waals surface area contributed by atoms with E-state index < -0.39 is 0 Å². The first kappa shape index (κ1) is 15.1. The Balaban J connectivity index is 1.78. The van der Waals surface area contributed by atoms with E-state index >= 15 is 0 Å². The van der Waals surface area contributed by atoms with Crippen molar-refractivity contribution in [3.8, 4) is 0 Å². The quantitative estimate of drug-likeness (QED) is 0.795. The molecular formula is C17H19NO3.